The van der Waals surface area contributed by atoms with Gasteiger partial charge in [0.25, 0.3) is 0 Å². The third-order valence-electron chi connectivity index (χ3n) is 3.13. The molecule has 2 heterocycles. The molecule has 1 saturated carbocycles. The van der Waals surface area contributed by atoms with Crippen LogP contribution in [0.15, 0.2) is 27.3 Å². The van der Waals surface area contributed by atoms with E-state index in [9.17, 15) is 4.79 Å². The molecule has 1 aliphatic rings. The highest BCUT2D eigenvalue weighted by Gasteiger charge is 2.37. The number of furan rings is 1. The summed E-state index contributed by atoms with van der Waals surface area (Å²) in [6, 6.07) is 3.60. The Hall–Kier alpha value is -2.04. The van der Waals surface area contributed by atoms with Crippen LogP contribution in [0.2, 0.25) is 0 Å². The fraction of sp³-hybridized carbons (Fsp3) is 0.333. The van der Waals surface area contributed by atoms with Crippen molar-refractivity contribution in [2.45, 2.75) is 19.3 Å². The van der Waals surface area contributed by atoms with Gasteiger partial charge < -0.3 is 14.0 Å². The van der Waals surface area contributed by atoms with Gasteiger partial charge in [0.2, 0.25) is 5.76 Å². The quantitative estimate of drug-likeness (QED) is 0.881. The summed E-state index contributed by atoms with van der Waals surface area (Å²) >= 11 is 0. The molecule has 0 aromatic carbocycles. The molecule has 3 rings (SSSR count). The summed E-state index contributed by atoms with van der Waals surface area (Å²) in [4.78, 5) is 10.9. The van der Waals surface area contributed by atoms with Gasteiger partial charge in [-0.2, -0.15) is 0 Å². The minimum atomic E-state index is -1.07. The maximum Gasteiger partial charge on any atom is 0.341 e. The second kappa shape index (κ2) is 3.48. The molecular formula is C12H11NO4. The molecule has 0 aliphatic heterocycles. The minimum Gasteiger partial charge on any atom is -0.477 e. The molecule has 1 aliphatic carbocycles. The minimum absolute atomic E-state index is 0.0229. The van der Waals surface area contributed by atoms with Gasteiger partial charge in [-0.3, -0.25) is 0 Å². The van der Waals surface area contributed by atoms with E-state index in [1.807, 2.05) is 6.07 Å². The molecule has 2 atom stereocenters. The van der Waals surface area contributed by atoms with Crippen LogP contribution in [-0.2, 0) is 0 Å². The van der Waals surface area contributed by atoms with Gasteiger partial charge >= 0.3 is 5.97 Å². The molecule has 0 bridgehead atoms. The number of carboxylic acid groups (broad SMARTS) is 1. The third-order valence-corrected chi connectivity index (χ3v) is 3.13. The molecule has 5 heteroatoms. The number of hydrogen-bond acceptors (Lipinski definition) is 4. The van der Waals surface area contributed by atoms with Crippen molar-refractivity contribution in [3.05, 3.63) is 29.7 Å². The molecule has 0 amide bonds. The molecule has 2 aromatic rings. The zero-order chi connectivity index (χ0) is 12.0. The summed E-state index contributed by atoms with van der Waals surface area (Å²) in [5.74, 6) is 1.52. The maximum absolute atomic E-state index is 10.9. The van der Waals surface area contributed by atoms with E-state index in [0.717, 1.165) is 12.2 Å². The molecule has 0 saturated heterocycles. The highest BCUT2D eigenvalue weighted by Crippen LogP contribution is 2.48. The highest BCUT2D eigenvalue weighted by molar-refractivity contribution is 5.93. The summed E-state index contributed by atoms with van der Waals surface area (Å²) in [6.45, 7) is 2.16. The van der Waals surface area contributed by atoms with Crippen LogP contribution in [0.5, 0.6) is 0 Å². The Kier molecular flexibility index (Phi) is 2.07. The van der Waals surface area contributed by atoms with Gasteiger partial charge in [-0.15, -0.1) is 0 Å². The number of aromatic carboxylic acids is 1. The fourth-order valence-electron chi connectivity index (χ4n) is 1.96. The van der Waals surface area contributed by atoms with Crippen molar-refractivity contribution in [1.29, 1.82) is 0 Å². The Balaban J connectivity index is 1.95. The summed E-state index contributed by atoms with van der Waals surface area (Å²) in [7, 11) is 0. The van der Waals surface area contributed by atoms with Crippen LogP contribution < -0.4 is 0 Å². The number of aromatic nitrogens is 1. The molecule has 2 aromatic heterocycles. The van der Waals surface area contributed by atoms with Crippen LogP contribution >= 0.6 is 0 Å². The van der Waals surface area contributed by atoms with Gasteiger partial charge in [0.1, 0.15) is 11.3 Å². The Bertz CT molecular complexity index is 569. The van der Waals surface area contributed by atoms with Gasteiger partial charge in [0, 0.05) is 5.92 Å². The Morgan fingerprint density at radius 2 is 2.29 bits per heavy atom. The average Bonchev–Trinajstić information content (AvgIpc) is 2.77. The molecule has 0 radical (unpaired) electrons. The molecule has 5 nitrogen and oxygen atoms in total. The van der Waals surface area contributed by atoms with Crippen molar-refractivity contribution >= 4 is 5.97 Å². The van der Waals surface area contributed by atoms with Crippen molar-refractivity contribution in [3.63, 3.8) is 0 Å². The Morgan fingerprint density at radius 1 is 1.53 bits per heavy atom. The summed E-state index contributed by atoms with van der Waals surface area (Å²) in [5, 5.41) is 12.4. The first kappa shape index (κ1) is 10.1. The predicted molar refractivity (Wildman–Crippen MR) is 57.7 cm³/mol. The standard InChI is InChI=1S/C12H11NO4/c1-6-4-7(6)9-2-3-10(16-9)11-8(12(14)15)5-13-17-11/h2-3,5-7H,4H2,1H3,(H,14,15). The van der Waals surface area contributed by atoms with Gasteiger partial charge in [-0.05, 0) is 24.5 Å². The predicted octanol–water partition coefficient (Wildman–Crippen LogP) is 2.76. The van der Waals surface area contributed by atoms with Crippen LogP contribution in [0.4, 0.5) is 0 Å². The van der Waals surface area contributed by atoms with Crippen molar-refractivity contribution in [2.75, 3.05) is 0 Å². The Morgan fingerprint density at radius 3 is 2.94 bits per heavy atom. The van der Waals surface area contributed by atoms with Crippen molar-refractivity contribution in [1.82, 2.24) is 5.16 Å². The smallest absolute Gasteiger partial charge is 0.341 e. The van der Waals surface area contributed by atoms with E-state index >= 15 is 0 Å². The molecule has 2 unspecified atom stereocenters. The topological polar surface area (TPSA) is 76.5 Å². The highest BCUT2D eigenvalue weighted by atomic mass is 16.5. The van der Waals surface area contributed by atoms with Gasteiger partial charge in [0.05, 0.1) is 6.20 Å². The van der Waals surface area contributed by atoms with E-state index in [0.29, 0.717) is 17.6 Å². The number of carbonyl (C=O) groups is 1. The SMILES string of the molecule is CC1CC1c1ccc(-c2oncc2C(=O)O)o1. The second-order valence-electron chi connectivity index (χ2n) is 4.40. The first-order valence-electron chi connectivity index (χ1n) is 5.45. The van der Waals surface area contributed by atoms with E-state index < -0.39 is 5.97 Å². The lowest BCUT2D eigenvalue weighted by molar-refractivity contribution is 0.0697. The number of hydrogen-bond donors (Lipinski definition) is 1. The Labute approximate surface area is 97.0 Å². The second-order valence-corrected chi connectivity index (χ2v) is 4.40. The lowest BCUT2D eigenvalue weighted by Crippen LogP contribution is -1.95. The first-order valence-corrected chi connectivity index (χ1v) is 5.45. The fourth-order valence-corrected chi connectivity index (χ4v) is 1.96. The largest absolute Gasteiger partial charge is 0.477 e. The normalized spacial score (nSPS) is 22.6. The van der Waals surface area contributed by atoms with Crippen molar-refractivity contribution in [2.24, 2.45) is 5.92 Å². The van der Waals surface area contributed by atoms with Gasteiger partial charge in [-0.1, -0.05) is 12.1 Å². The number of rotatable bonds is 3. The van der Waals surface area contributed by atoms with E-state index in [2.05, 4.69) is 12.1 Å². The third kappa shape index (κ3) is 1.63. The number of nitrogens with zero attached hydrogens (tertiary/aromatic N) is 1. The average molecular weight is 233 g/mol. The van der Waals surface area contributed by atoms with E-state index in [-0.39, 0.29) is 11.3 Å². The summed E-state index contributed by atoms with van der Waals surface area (Å²) in [5.41, 5.74) is 0.0229. The summed E-state index contributed by atoms with van der Waals surface area (Å²) < 4.78 is 10.5. The van der Waals surface area contributed by atoms with E-state index in [4.69, 9.17) is 14.0 Å². The molecule has 1 fully saturated rings. The molecule has 1 N–H and O–H groups in total. The molecular weight excluding hydrogens is 222 g/mol. The lowest BCUT2D eigenvalue weighted by Gasteiger charge is -1.93. The molecule has 17 heavy (non-hydrogen) atoms. The monoisotopic (exact) mass is 233 g/mol. The van der Waals surface area contributed by atoms with Crippen LogP contribution in [-0.4, -0.2) is 16.2 Å². The first-order chi connectivity index (χ1) is 8.16. The molecule has 88 valence electrons. The van der Waals surface area contributed by atoms with Crippen LogP contribution in [0, 0.1) is 5.92 Å². The lowest BCUT2D eigenvalue weighted by atomic mass is 10.2. The van der Waals surface area contributed by atoms with Crippen molar-refractivity contribution < 1.29 is 18.8 Å². The molecule has 0 spiro atoms. The van der Waals surface area contributed by atoms with Crippen LogP contribution in [0.1, 0.15) is 35.4 Å². The number of carboxylic acids is 1. The zero-order valence-corrected chi connectivity index (χ0v) is 9.21. The zero-order valence-electron chi connectivity index (χ0n) is 9.21. The van der Waals surface area contributed by atoms with E-state index in [1.165, 1.54) is 6.20 Å². The van der Waals surface area contributed by atoms with Crippen molar-refractivity contribution in [3.8, 4) is 11.5 Å². The van der Waals surface area contributed by atoms with Crippen LogP contribution in [0.3, 0.4) is 0 Å². The summed E-state index contributed by atoms with van der Waals surface area (Å²) in [6.07, 6.45) is 2.30. The van der Waals surface area contributed by atoms with Gasteiger partial charge in [0.15, 0.2) is 5.76 Å². The van der Waals surface area contributed by atoms with Gasteiger partial charge in [-0.25, -0.2) is 4.79 Å². The van der Waals surface area contributed by atoms with Crippen LogP contribution in [0.25, 0.3) is 11.5 Å². The van der Waals surface area contributed by atoms with E-state index in [1.54, 1.807) is 6.07 Å². The maximum atomic E-state index is 10.9.